The minimum atomic E-state index is -0.0195. The molecule has 0 unspecified atom stereocenters. The van der Waals surface area contributed by atoms with Gasteiger partial charge in [-0.25, -0.2) is 0 Å². The molecule has 0 aliphatic heterocycles. The number of rotatable bonds is 5. The van der Waals surface area contributed by atoms with Crippen LogP contribution in [0.1, 0.15) is 17.7 Å². The smallest absolute Gasteiger partial charge is 0.220 e. The Kier molecular flexibility index (Phi) is 4.44. The van der Waals surface area contributed by atoms with E-state index in [1.165, 1.54) is 0 Å². The molecule has 19 heavy (non-hydrogen) atoms. The molecule has 0 aliphatic carbocycles. The zero-order chi connectivity index (χ0) is 13.5. The van der Waals surface area contributed by atoms with Crippen molar-refractivity contribution in [2.24, 2.45) is 0 Å². The molecular formula is C14H16N4O. The van der Waals surface area contributed by atoms with E-state index in [1.54, 1.807) is 12.3 Å². The normalized spacial score (nSPS) is 10.1. The average molecular weight is 256 g/mol. The standard InChI is InChI=1S/C14H16N4O/c15-13-6-2-1-4-11(13)7-8-14(19)16-10-12-5-3-9-17-18-12/h1-6,9H,7-8,10,15H2,(H,16,19). The highest BCUT2D eigenvalue weighted by molar-refractivity contribution is 5.76. The average Bonchev–Trinajstić information content (AvgIpc) is 2.45. The molecule has 0 fully saturated rings. The maximum Gasteiger partial charge on any atom is 0.220 e. The third-order valence-corrected chi connectivity index (χ3v) is 2.77. The van der Waals surface area contributed by atoms with Crippen LogP contribution in [0.15, 0.2) is 42.6 Å². The summed E-state index contributed by atoms with van der Waals surface area (Å²) in [5.74, 6) is -0.0195. The quantitative estimate of drug-likeness (QED) is 0.790. The molecule has 0 radical (unpaired) electrons. The Balaban J connectivity index is 1.78. The van der Waals surface area contributed by atoms with E-state index in [-0.39, 0.29) is 5.91 Å². The van der Waals surface area contributed by atoms with Gasteiger partial charge in [-0.05, 0) is 30.2 Å². The van der Waals surface area contributed by atoms with E-state index in [9.17, 15) is 4.79 Å². The largest absolute Gasteiger partial charge is 0.399 e. The van der Waals surface area contributed by atoms with E-state index in [1.807, 2.05) is 30.3 Å². The number of nitrogens with two attached hydrogens (primary N) is 1. The van der Waals surface area contributed by atoms with Gasteiger partial charge in [0.25, 0.3) is 0 Å². The zero-order valence-electron chi connectivity index (χ0n) is 10.5. The van der Waals surface area contributed by atoms with E-state index < -0.39 is 0 Å². The monoisotopic (exact) mass is 256 g/mol. The van der Waals surface area contributed by atoms with Crippen LogP contribution in [0.4, 0.5) is 5.69 Å². The molecule has 3 N–H and O–H groups in total. The Morgan fingerprint density at radius 3 is 2.79 bits per heavy atom. The molecule has 0 atom stereocenters. The first kappa shape index (κ1) is 13.0. The summed E-state index contributed by atoms with van der Waals surface area (Å²) < 4.78 is 0. The second kappa shape index (κ2) is 6.49. The maximum atomic E-state index is 11.7. The van der Waals surface area contributed by atoms with Crippen molar-refractivity contribution in [3.8, 4) is 0 Å². The first-order chi connectivity index (χ1) is 9.25. The number of aryl methyl sites for hydroxylation is 1. The van der Waals surface area contributed by atoms with Crippen LogP contribution >= 0.6 is 0 Å². The van der Waals surface area contributed by atoms with Crippen LogP contribution in [0.3, 0.4) is 0 Å². The van der Waals surface area contributed by atoms with Gasteiger partial charge in [-0.3, -0.25) is 4.79 Å². The number of hydrogen-bond donors (Lipinski definition) is 2. The van der Waals surface area contributed by atoms with Crippen molar-refractivity contribution in [2.45, 2.75) is 19.4 Å². The maximum absolute atomic E-state index is 11.7. The number of nitrogens with zero attached hydrogens (tertiary/aromatic N) is 2. The van der Waals surface area contributed by atoms with Crippen LogP contribution in [0, 0.1) is 0 Å². The number of aromatic nitrogens is 2. The van der Waals surface area contributed by atoms with Gasteiger partial charge in [0.1, 0.15) is 0 Å². The first-order valence-electron chi connectivity index (χ1n) is 6.12. The molecule has 0 aliphatic rings. The van der Waals surface area contributed by atoms with Crippen molar-refractivity contribution < 1.29 is 4.79 Å². The molecule has 0 saturated carbocycles. The second-order valence-corrected chi connectivity index (χ2v) is 4.19. The van der Waals surface area contributed by atoms with Crippen molar-refractivity contribution in [2.75, 3.05) is 5.73 Å². The SMILES string of the molecule is Nc1ccccc1CCC(=O)NCc1cccnn1. The Morgan fingerprint density at radius 1 is 1.21 bits per heavy atom. The van der Waals surface area contributed by atoms with E-state index in [4.69, 9.17) is 5.73 Å². The molecule has 0 saturated heterocycles. The van der Waals surface area contributed by atoms with E-state index in [2.05, 4.69) is 15.5 Å². The number of hydrogen-bond acceptors (Lipinski definition) is 4. The highest BCUT2D eigenvalue weighted by atomic mass is 16.1. The van der Waals surface area contributed by atoms with E-state index in [0.717, 1.165) is 16.9 Å². The highest BCUT2D eigenvalue weighted by Gasteiger charge is 2.04. The van der Waals surface area contributed by atoms with Gasteiger partial charge < -0.3 is 11.1 Å². The van der Waals surface area contributed by atoms with Crippen LogP contribution < -0.4 is 11.1 Å². The molecule has 1 heterocycles. The summed E-state index contributed by atoms with van der Waals surface area (Å²) in [6.07, 6.45) is 2.65. The van der Waals surface area contributed by atoms with E-state index >= 15 is 0 Å². The number of anilines is 1. The molecule has 98 valence electrons. The number of amides is 1. The lowest BCUT2D eigenvalue weighted by Crippen LogP contribution is -2.23. The fraction of sp³-hybridized carbons (Fsp3) is 0.214. The van der Waals surface area contributed by atoms with Gasteiger partial charge in [-0.1, -0.05) is 18.2 Å². The van der Waals surface area contributed by atoms with E-state index in [0.29, 0.717) is 19.4 Å². The van der Waals surface area contributed by atoms with Crippen molar-refractivity contribution in [1.82, 2.24) is 15.5 Å². The topological polar surface area (TPSA) is 80.9 Å². The van der Waals surface area contributed by atoms with Gasteiger partial charge in [-0.15, -0.1) is 0 Å². The molecule has 1 aromatic heterocycles. The summed E-state index contributed by atoms with van der Waals surface area (Å²) >= 11 is 0. The summed E-state index contributed by atoms with van der Waals surface area (Å²) in [4.78, 5) is 11.7. The molecule has 5 heteroatoms. The molecule has 5 nitrogen and oxygen atoms in total. The summed E-state index contributed by atoms with van der Waals surface area (Å²) in [5, 5.41) is 10.5. The molecule has 2 aromatic rings. The first-order valence-corrected chi connectivity index (χ1v) is 6.12. The van der Waals surface area contributed by atoms with Crippen molar-refractivity contribution in [3.63, 3.8) is 0 Å². The predicted molar refractivity (Wildman–Crippen MR) is 73.1 cm³/mol. The molecule has 2 rings (SSSR count). The van der Waals surface area contributed by atoms with Crippen LogP contribution in [0.2, 0.25) is 0 Å². The molecule has 1 aromatic carbocycles. The van der Waals surface area contributed by atoms with Gasteiger partial charge in [0, 0.05) is 18.3 Å². The van der Waals surface area contributed by atoms with Crippen LogP contribution in [-0.4, -0.2) is 16.1 Å². The Morgan fingerprint density at radius 2 is 2.05 bits per heavy atom. The van der Waals surface area contributed by atoms with Crippen molar-refractivity contribution >= 4 is 11.6 Å². The number of para-hydroxylation sites is 1. The fourth-order valence-corrected chi connectivity index (χ4v) is 1.72. The van der Waals surface area contributed by atoms with Crippen LogP contribution in [-0.2, 0) is 17.8 Å². The summed E-state index contributed by atoms with van der Waals surface area (Å²) in [6, 6.07) is 11.2. The van der Waals surface area contributed by atoms with Crippen molar-refractivity contribution in [3.05, 3.63) is 53.9 Å². The van der Waals surface area contributed by atoms with Gasteiger partial charge in [0.2, 0.25) is 5.91 Å². The predicted octanol–water partition coefficient (Wildman–Crippen LogP) is 1.31. The minimum absolute atomic E-state index is 0.0195. The summed E-state index contributed by atoms with van der Waals surface area (Å²) in [6.45, 7) is 0.400. The van der Waals surface area contributed by atoms with Gasteiger partial charge in [0.15, 0.2) is 0 Å². The highest BCUT2D eigenvalue weighted by Crippen LogP contribution is 2.12. The number of nitrogen functional groups attached to an aromatic ring is 1. The lowest BCUT2D eigenvalue weighted by molar-refractivity contribution is -0.121. The third-order valence-electron chi connectivity index (χ3n) is 2.77. The zero-order valence-corrected chi connectivity index (χ0v) is 10.5. The second-order valence-electron chi connectivity index (χ2n) is 4.19. The summed E-state index contributed by atoms with van der Waals surface area (Å²) in [7, 11) is 0. The van der Waals surface area contributed by atoms with Gasteiger partial charge in [0.05, 0.1) is 12.2 Å². The number of nitrogens with one attached hydrogen (secondary N) is 1. The molecule has 1 amide bonds. The number of benzene rings is 1. The van der Waals surface area contributed by atoms with Crippen LogP contribution in [0.5, 0.6) is 0 Å². The Bertz CT molecular complexity index is 542. The Hall–Kier alpha value is -2.43. The molecular weight excluding hydrogens is 240 g/mol. The van der Waals surface area contributed by atoms with Crippen molar-refractivity contribution in [1.29, 1.82) is 0 Å². The Labute approximate surface area is 111 Å². The van der Waals surface area contributed by atoms with Gasteiger partial charge in [-0.2, -0.15) is 10.2 Å². The van der Waals surface area contributed by atoms with Crippen LogP contribution in [0.25, 0.3) is 0 Å². The summed E-state index contributed by atoms with van der Waals surface area (Å²) in [5.41, 5.74) is 8.29. The fourth-order valence-electron chi connectivity index (χ4n) is 1.72. The number of carbonyl (C=O) groups excluding carboxylic acids is 1. The number of carbonyl (C=O) groups is 1. The van der Waals surface area contributed by atoms with Gasteiger partial charge >= 0.3 is 0 Å². The minimum Gasteiger partial charge on any atom is -0.399 e. The third kappa shape index (κ3) is 4.06. The lowest BCUT2D eigenvalue weighted by atomic mass is 10.1. The molecule has 0 bridgehead atoms. The lowest BCUT2D eigenvalue weighted by Gasteiger charge is -2.06. The molecule has 0 spiro atoms.